The molecule has 4 rings (SSSR count). The van der Waals surface area contributed by atoms with Crippen LogP contribution in [-0.2, 0) is 17.6 Å². The standard InChI is InChI=1S/C22H21NO6/c1-22(2)19(28-21(25)23-9-3-5-16-6-4-10-26-16)12-15-11-14-7-8-20(24)27-17(14)13-18(15)29-22/h3-4,6-11,13,19H,5,12H2,1-2H3,(H,23,25)/b9-3+/t19-/m0/s1. The SMILES string of the molecule is CC1(C)Oc2cc3oc(=O)ccc3cc2C[C@@H]1OC(=O)N/C=C/Cc1ccco1. The van der Waals surface area contributed by atoms with Crippen LogP contribution in [0.25, 0.3) is 11.0 Å². The van der Waals surface area contributed by atoms with E-state index in [2.05, 4.69) is 5.32 Å². The van der Waals surface area contributed by atoms with Crippen molar-refractivity contribution < 1.29 is 23.1 Å². The minimum Gasteiger partial charge on any atom is -0.484 e. The number of benzene rings is 1. The first-order valence-electron chi connectivity index (χ1n) is 9.31. The summed E-state index contributed by atoms with van der Waals surface area (Å²) in [5.41, 5.74) is 0.193. The van der Waals surface area contributed by atoms with Gasteiger partial charge >= 0.3 is 11.7 Å². The van der Waals surface area contributed by atoms with E-state index in [1.807, 2.05) is 32.0 Å². The summed E-state index contributed by atoms with van der Waals surface area (Å²) in [4.78, 5) is 23.7. The molecule has 7 heteroatoms. The van der Waals surface area contributed by atoms with Gasteiger partial charge < -0.3 is 18.3 Å². The molecule has 1 atom stereocenters. The van der Waals surface area contributed by atoms with Gasteiger partial charge in [-0.05, 0) is 43.7 Å². The maximum atomic E-state index is 12.2. The van der Waals surface area contributed by atoms with Crippen LogP contribution in [-0.4, -0.2) is 17.8 Å². The predicted octanol–water partition coefficient (Wildman–Crippen LogP) is 3.95. The topological polar surface area (TPSA) is 90.9 Å². The molecule has 2 aromatic heterocycles. The van der Waals surface area contributed by atoms with E-state index in [0.29, 0.717) is 24.2 Å². The van der Waals surface area contributed by atoms with Crippen molar-refractivity contribution in [2.75, 3.05) is 0 Å². The Bertz CT molecular complexity index is 1110. The Morgan fingerprint density at radius 3 is 2.97 bits per heavy atom. The third-order valence-corrected chi connectivity index (χ3v) is 4.82. The van der Waals surface area contributed by atoms with E-state index in [4.69, 9.17) is 18.3 Å². The van der Waals surface area contributed by atoms with Gasteiger partial charge in [0.25, 0.3) is 0 Å². The van der Waals surface area contributed by atoms with E-state index < -0.39 is 23.4 Å². The third kappa shape index (κ3) is 4.18. The first kappa shape index (κ1) is 18.9. The number of carbonyl (C=O) groups is 1. The Hall–Kier alpha value is -3.48. The fourth-order valence-corrected chi connectivity index (χ4v) is 3.27. The van der Waals surface area contributed by atoms with Gasteiger partial charge in [-0.25, -0.2) is 9.59 Å². The highest BCUT2D eigenvalue weighted by atomic mass is 16.6. The molecule has 0 bridgehead atoms. The minimum atomic E-state index is -0.745. The second-order valence-electron chi connectivity index (χ2n) is 7.39. The van der Waals surface area contributed by atoms with Gasteiger partial charge in [-0.1, -0.05) is 6.08 Å². The molecule has 1 N–H and O–H groups in total. The van der Waals surface area contributed by atoms with Crippen molar-refractivity contribution >= 4 is 17.1 Å². The van der Waals surface area contributed by atoms with Crippen LogP contribution in [0, 0.1) is 0 Å². The van der Waals surface area contributed by atoms with Gasteiger partial charge in [0.1, 0.15) is 28.8 Å². The molecule has 1 aromatic carbocycles. The van der Waals surface area contributed by atoms with Crippen LogP contribution in [0.5, 0.6) is 5.75 Å². The zero-order valence-corrected chi connectivity index (χ0v) is 16.1. The molecule has 0 radical (unpaired) electrons. The maximum absolute atomic E-state index is 12.2. The van der Waals surface area contributed by atoms with Crippen molar-refractivity contribution in [3.8, 4) is 5.75 Å². The molecular formula is C22H21NO6. The summed E-state index contributed by atoms with van der Waals surface area (Å²) in [6, 6.07) is 10.3. The zero-order valence-electron chi connectivity index (χ0n) is 16.1. The van der Waals surface area contributed by atoms with Crippen LogP contribution in [0.2, 0.25) is 0 Å². The molecule has 1 amide bonds. The third-order valence-electron chi connectivity index (χ3n) is 4.82. The van der Waals surface area contributed by atoms with Crippen molar-refractivity contribution in [1.82, 2.24) is 5.32 Å². The van der Waals surface area contributed by atoms with Crippen molar-refractivity contribution in [3.05, 3.63) is 76.7 Å². The molecule has 0 saturated heterocycles. The average molecular weight is 395 g/mol. The second-order valence-corrected chi connectivity index (χ2v) is 7.39. The van der Waals surface area contributed by atoms with Crippen molar-refractivity contribution in [1.29, 1.82) is 0 Å². The highest BCUT2D eigenvalue weighted by molar-refractivity contribution is 5.79. The molecule has 0 unspecified atom stereocenters. The fraction of sp³-hybridized carbons (Fsp3) is 0.273. The number of rotatable bonds is 4. The number of allylic oxidation sites excluding steroid dienone is 1. The lowest BCUT2D eigenvalue weighted by Crippen LogP contribution is -2.49. The second kappa shape index (κ2) is 7.50. The number of amides is 1. The summed E-state index contributed by atoms with van der Waals surface area (Å²) in [5, 5.41) is 3.39. The van der Waals surface area contributed by atoms with Gasteiger partial charge in [0, 0.05) is 36.6 Å². The molecule has 29 heavy (non-hydrogen) atoms. The van der Waals surface area contributed by atoms with Gasteiger partial charge in [-0.15, -0.1) is 0 Å². The number of fused-ring (bicyclic) bond motifs is 2. The zero-order chi connectivity index (χ0) is 20.4. The minimum absolute atomic E-state index is 0.412. The van der Waals surface area contributed by atoms with Gasteiger partial charge in [0.05, 0.1) is 6.26 Å². The molecule has 3 heterocycles. The molecule has 1 aliphatic rings. The van der Waals surface area contributed by atoms with Crippen LogP contribution in [0.3, 0.4) is 0 Å². The van der Waals surface area contributed by atoms with E-state index >= 15 is 0 Å². The lowest BCUT2D eigenvalue weighted by Gasteiger charge is -2.39. The summed E-state index contributed by atoms with van der Waals surface area (Å²) in [6.07, 6.45) is 4.93. The summed E-state index contributed by atoms with van der Waals surface area (Å²) in [5.74, 6) is 1.42. The predicted molar refractivity (Wildman–Crippen MR) is 106 cm³/mol. The van der Waals surface area contributed by atoms with Gasteiger partial charge in [0.15, 0.2) is 0 Å². The van der Waals surface area contributed by atoms with Crippen LogP contribution in [0.1, 0.15) is 25.2 Å². The smallest absolute Gasteiger partial charge is 0.411 e. The first-order valence-corrected chi connectivity index (χ1v) is 9.31. The molecule has 0 spiro atoms. The highest BCUT2D eigenvalue weighted by Gasteiger charge is 2.40. The number of nitrogens with one attached hydrogen (secondary N) is 1. The Morgan fingerprint density at radius 2 is 2.17 bits per heavy atom. The summed E-state index contributed by atoms with van der Waals surface area (Å²) in [7, 11) is 0. The van der Waals surface area contributed by atoms with Crippen LogP contribution < -0.4 is 15.7 Å². The fourth-order valence-electron chi connectivity index (χ4n) is 3.27. The Kier molecular flexibility index (Phi) is 4.88. The Balaban J connectivity index is 1.44. The molecule has 0 saturated carbocycles. The monoisotopic (exact) mass is 395 g/mol. The molecule has 0 fully saturated rings. The average Bonchev–Trinajstić information content (AvgIpc) is 3.18. The molecule has 0 aliphatic carbocycles. The van der Waals surface area contributed by atoms with Crippen LogP contribution >= 0.6 is 0 Å². The van der Waals surface area contributed by atoms with E-state index in [0.717, 1.165) is 16.7 Å². The van der Waals surface area contributed by atoms with Gasteiger partial charge in [-0.2, -0.15) is 0 Å². The molecule has 7 nitrogen and oxygen atoms in total. The van der Waals surface area contributed by atoms with Crippen LogP contribution in [0.15, 0.2) is 68.6 Å². The lowest BCUT2D eigenvalue weighted by molar-refractivity contribution is -0.0486. The summed E-state index contributed by atoms with van der Waals surface area (Å²) < 4.78 is 22.1. The number of alkyl carbamates (subject to hydrolysis) is 1. The van der Waals surface area contributed by atoms with E-state index in [1.54, 1.807) is 24.5 Å². The number of ether oxygens (including phenoxy) is 2. The number of hydrogen-bond acceptors (Lipinski definition) is 6. The Morgan fingerprint density at radius 1 is 1.31 bits per heavy atom. The number of carbonyl (C=O) groups excluding carboxylic acids is 1. The lowest BCUT2D eigenvalue weighted by atomic mass is 9.90. The molecule has 150 valence electrons. The summed E-state index contributed by atoms with van der Waals surface area (Å²) in [6.45, 7) is 3.71. The van der Waals surface area contributed by atoms with E-state index in [9.17, 15) is 9.59 Å². The van der Waals surface area contributed by atoms with Crippen molar-refractivity contribution in [2.24, 2.45) is 0 Å². The van der Waals surface area contributed by atoms with Crippen LogP contribution in [0.4, 0.5) is 4.79 Å². The van der Waals surface area contributed by atoms with E-state index in [-0.39, 0.29) is 0 Å². The first-order chi connectivity index (χ1) is 13.9. The van der Waals surface area contributed by atoms with Crippen molar-refractivity contribution in [2.45, 2.75) is 38.4 Å². The van der Waals surface area contributed by atoms with Gasteiger partial charge in [-0.3, -0.25) is 5.32 Å². The number of furan rings is 1. The largest absolute Gasteiger partial charge is 0.484 e. The Labute approximate surface area is 166 Å². The number of hydrogen-bond donors (Lipinski definition) is 1. The quantitative estimate of drug-likeness (QED) is 0.673. The molecule has 3 aromatic rings. The van der Waals surface area contributed by atoms with Crippen molar-refractivity contribution in [3.63, 3.8) is 0 Å². The molecule has 1 aliphatic heterocycles. The normalized spacial score (nSPS) is 17.7. The van der Waals surface area contributed by atoms with E-state index in [1.165, 1.54) is 12.3 Å². The molecular weight excluding hydrogens is 374 g/mol. The highest BCUT2D eigenvalue weighted by Crippen LogP contribution is 2.37. The summed E-state index contributed by atoms with van der Waals surface area (Å²) >= 11 is 0. The maximum Gasteiger partial charge on any atom is 0.411 e. The van der Waals surface area contributed by atoms with Gasteiger partial charge in [0.2, 0.25) is 0 Å².